The van der Waals surface area contributed by atoms with Gasteiger partial charge in [-0.2, -0.15) is 0 Å². The topological polar surface area (TPSA) is 40.6 Å². The van der Waals surface area contributed by atoms with E-state index in [1.165, 1.54) is 17.0 Å². The van der Waals surface area contributed by atoms with Crippen molar-refractivity contribution in [2.75, 3.05) is 19.6 Å². The van der Waals surface area contributed by atoms with Crippen LogP contribution in [0.15, 0.2) is 35.7 Å². The van der Waals surface area contributed by atoms with Crippen molar-refractivity contribution in [1.82, 2.24) is 9.80 Å². The van der Waals surface area contributed by atoms with Crippen LogP contribution in [-0.4, -0.2) is 41.2 Å². The molecule has 1 aliphatic rings. The molecule has 2 heterocycles. The van der Waals surface area contributed by atoms with Gasteiger partial charge in [0.1, 0.15) is 5.82 Å². The Morgan fingerprint density at radius 1 is 1.13 bits per heavy atom. The average molecular weight is 431 g/mol. The Kier molecular flexibility index (Phi) is 8.02. The van der Waals surface area contributed by atoms with E-state index in [1.54, 1.807) is 28.4 Å². The van der Waals surface area contributed by atoms with E-state index in [4.69, 9.17) is 0 Å². The second kappa shape index (κ2) is 10.7. The molecule has 162 valence electrons. The monoisotopic (exact) mass is 430 g/mol. The fourth-order valence-electron chi connectivity index (χ4n) is 4.09. The van der Waals surface area contributed by atoms with E-state index < -0.39 is 0 Å². The first-order chi connectivity index (χ1) is 14.5. The molecule has 0 aliphatic carbocycles. The minimum atomic E-state index is -0.287. The first-order valence-electron chi connectivity index (χ1n) is 10.9. The second-order valence-electron chi connectivity index (χ2n) is 7.86. The number of hydrogen-bond acceptors (Lipinski definition) is 3. The summed E-state index contributed by atoms with van der Waals surface area (Å²) in [6, 6.07) is 8.23. The third kappa shape index (κ3) is 5.28. The van der Waals surface area contributed by atoms with E-state index in [9.17, 15) is 14.0 Å². The molecule has 1 aromatic heterocycles. The Bertz CT molecular complexity index is 849. The number of hydrogen-bond donors (Lipinski definition) is 0. The Labute approximate surface area is 182 Å². The number of rotatable bonds is 9. The molecule has 0 saturated carbocycles. The van der Waals surface area contributed by atoms with Crippen LogP contribution in [0, 0.1) is 5.82 Å². The SMILES string of the molecule is CCCCCC(=O)N(CCC)CC(=O)N1CCc2sccc2C1c1ccc(F)cc1. The van der Waals surface area contributed by atoms with Crippen LogP contribution in [0.3, 0.4) is 0 Å². The summed E-state index contributed by atoms with van der Waals surface area (Å²) in [6.07, 6.45) is 5.09. The third-order valence-corrected chi connectivity index (χ3v) is 6.64. The molecule has 0 radical (unpaired) electrons. The average Bonchev–Trinajstić information content (AvgIpc) is 3.22. The van der Waals surface area contributed by atoms with Gasteiger partial charge >= 0.3 is 0 Å². The van der Waals surface area contributed by atoms with Gasteiger partial charge in [0.25, 0.3) is 0 Å². The molecule has 6 heteroatoms. The number of carbonyl (C=O) groups is 2. The Hall–Kier alpha value is -2.21. The highest BCUT2D eigenvalue weighted by Gasteiger charge is 2.33. The summed E-state index contributed by atoms with van der Waals surface area (Å²) >= 11 is 1.70. The molecule has 1 aromatic carbocycles. The number of benzene rings is 1. The largest absolute Gasteiger partial charge is 0.333 e. The van der Waals surface area contributed by atoms with E-state index in [0.29, 0.717) is 19.5 Å². The quantitative estimate of drug-likeness (QED) is 0.514. The van der Waals surface area contributed by atoms with Crippen LogP contribution in [0.4, 0.5) is 4.39 Å². The molecular formula is C24H31FN2O2S. The zero-order valence-electron chi connectivity index (χ0n) is 17.9. The minimum absolute atomic E-state index is 0.0431. The van der Waals surface area contributed by atoms with Gasteiger partial charge in [-0.15, -0.1) is 11.3 Å². The van der Waals surface area contributed by atoms with Gasteiger partial charge in [0.05, 0.1) is 12.6 Å². The third-order valence-electron chi connectivity index (χ3n) is 5.64. The van der Waals surface area contributed by atoms with Gasteiger partial charge in [0.15, 0.2) is 0 Å². The Morgan fingerprint density at radius 3 is 2.60 bits per heavy atom. The summed E-state index contributed by atoms with van der Waals surface area (Å²) in [4.78, 5) is 30.9. The van der Waals surface area contributed by atoms with Gasteiger partial charge in [-0.05, 0) is 54.0 Å². The predicted octanol–water partition coefficient (Wildman–Crippen LogP) is 5.18. The van der Waals surface area contributed by atoms with Gasteiger partial charge in [0, 0.05) is 24.4 Å². The fourth-order valence-corrected chi connectivity index (χ4v) is 4.99. The summed E-state index contributed by atoms with van der Waals surface area (Å²) in [6.45, 7) is 5.45. The van der Waals surface area contributed by atoms with Gasteiger partial charge in [0.2, 0.25) is 11.8 Å². The summed E-state index contributed by atoms with van der Waals surface area (Å²) in [5, 5.41) is 2.05. The van der Waals surface area contributed by atoms with Crippen LogP contribution >= 0.6 is 11.3 Å². The van der Waals surface area contributed by atoms with Crippen LogP contribution in [0.25, 0.3) is 0 Å². The van der Waals surface area contributed by atoms with Crippen molar-refractivity contribution in [2.24, 2.45) is 0 Å². The standard InChI is InChI=1S/C24H31FN2O2S/c1-3-5-6-7-22(28)26(14-4-2)17-23(29)27-15-12-21-20(13-16-30-21)24(27)18-8-10-19(25)11-9-18/h8-11,13,16,24H,3-7,12,14-15,17H2,1-2H3. The molecule has 1 unspecified atom stereocenters. The molecule has 3 rings (SSSR count). The molecule has 4 nitrogen and oxygen atoms in total. The molecule has 1 aliphatic heterocycles. The maximum Gasteiger partial charge on any atom is 0.242 e. The maximum atomic E-state index is 13.5. The van der Waals surface area contributed by atoms with Crippen molar-refractivity contribution in [3.63, 3.8) is 0 Å². The number of halogens is 1. The van der Waals surface area contributed by atoms with Gasteiger partial charge in [-0.3, -0.25) is 9.59 Å². The van der Waals surface area contributed by atoms with Gasteiger partial charge in [-0.25, -0.2) is 4.39 Å². The lowest BCUT2D eigenvalue weighted by molar-refractivity contribution is -0.141. The zero-order valence-corrected chi connectivity index (χ0v) is 18.7. The molecule has 0 spiro atoms. The van der Waals surface area contributed by atoms with Gasteiger partial charge < -0.3 is 9.80 Å². The summed E-state index contributed by atoms with van der Waals surface area (Å²) < 4.78 is 13.5. The molecule has 0 N–H and O–H groups in total. The van der Waals surface area contributed by atoms with Crippen LogP contribution in [0.2, 0.25) is 0 Å². The number of carbonyl (C=O) groups excluding carboxylic acids is 2. The molecule has 30 heavy (non-hydrogen) atoms. The number of amides is 2. The number of nitrogens with zero attached hydrogens (tertiary/aromatic N) is 2. The van der Waals surface area contributed by atoms with Crippen molar-refractivity contribution in [3.05, 3.63) is 57.5 Å². The van der Waals surface area contributed by atoms with Crippen LogP contribution < -0.4 is 0 Å². The zero-order chi connectivity index (χ0) is 21.5. The lowest BCUT2D eigenvalue weighted by Gasteiger charge is -2.37. The highest BCUT2D eigenvalue weighted by molar-refractivity contribution is 7.10. The molecular weight excluding hydrogens is 399 g/mol. The summed E-state index contributed by atoms with van der Waals surface area (Å²) in [7, 11) is 0. The number of fused-ring (bicyclic) bond motifs is 1. The predicted molar refractivity (Wildman–Crippen MR) is 119 cm³/mol. The highest BCUT2D eigenvalue weighted by atomic mass is 32.1. The van der Waals surface area contributed by atoms with E-state index in [2.05, 4.69) is 18.4 Å². The molecule has 2 amide bonds. The summed E-state index contributed by atoms with van der Waals surface area (Å²) in [5.74, 6) is -0.270. The van der Waals surface area contributed by atoms with Crippen molar-refractivity contribution in [3.8, 4) is 0 Å². The van der Waals surface area contributed by atoms with Crippen LogP contribution in [-0.2, 0) is 16.0 Å². The van der Waals surface area contributed by atoms with E-state index >= 15 is 0 Å². The van der Waals surface area contributed by atoms with Gasteiger partial charge in [-0.1, -0.05) is 38.8 Å². The lowest BCUT2D eigenvalue weighted by atomic mass is 9.93. The maximum absolute atomic E-state index is 13.5. The molecule has 0 fully saturated rings. The fraction of sp³-hybridized carbons (Fsp3) is 0.500. The smallest absolute Gasteiger partial charge is 0.242 e. The normalized spacial score (nSPS) is 15.7. The Balaban J connectivity index is 1.80. The van der Waals surface area contributed by atoms with E-state index in [0.717, 1.165) is 43.2 Å². The lowest BCUT2D eigenvalue weighted by Crippen LogP contribution is -2.47. The highest BCUT2D eigenvalue weighted by Crippen LogP contribution is 2.37. The first-order valence-corrected chi connectivity index (χ1v) is 11.8. The number of unbranched alkanes of at least 4 members (excludes halogenated alkanes) is 2. The van der Waals surface area contributed by atoms with Crippen molar-refractivity contribution in [1.29, 1.82) is 0 Å². The molecule has 1 atom stereocenters. The Morgan fingerprint density at radius 2 is 1.90 bits per heavy atom. The van der Waals surface area contributed by atoms with Crippen LogP contribution in [0.5, 0.6) is 0 Å². The van der Waals surface area contributed by atoms with E-state index in [1.807, 2.05) is 11.8 Å². The molecule has 0 saturated heterocycles. The first kappa shape index (κ1) is 22.5. The van der Waals surface area contributed by atoms with E-state index in [-0.39, 0.29) is 30.2 Å². The van der Waals surface area contributed by atoms with Crippen molar-refractivity contribution in [2.45, 2.75) is 58.4 Å². The van der Waals surface area contributed by atoms with Crippen LogP contribution in [0.1, 0.15) is 68.0 Å². The van der Waals surface area contributed by atoms with Crippen molar-refractivity contribution < 1.29 is 14.0 Å². The van der Waals surface area contributed by atoms with Crippen molar-refractivity contribution >= 4 is 23.2 Å². The molecule has 0 bridgehead atoms. The number of thiophene rings is 1. The molecule has 2 aromatic rings. The summed E-state index contributed by atoms with van der Waals surface area (Å²) in [5.41, 5.74) is 2.02. The second-order valence-corrected chi connectivity index (χ2v) is 8.86. The minimum Gasteiger partial charge on any atom is -0.333 e.